The van der Waals surface area contributed by atoms with Crippen LogP contribution in [0.1, 0.15) is 11.4 Å². The van der Waals surface area contributed by atoms with Crippen molar-refractivity contribution in [3.63, 3.8) is 0 Å². The van der Waals surface area contributed by atoms with Crippen LogP contribution in [0.4, 0.5) is 10.3 Å². The molecule has 8 N–H and O–H groups in total. The van der Waals surface area contributed by atoms with E-state index in [0.717, 1.165) is 44.2 Å². The summed E-state index contributed by atoms with van der Waals surface area (Å²) in [6.07, 6.45) is 0. The number of amides is 4. The lowest BCUT2D eigenvalue weighted by Crippen LogP contribution is -2.71. The van der Waals surface area contributed by atoms with Crippen LogP contribution in [0.2, 0.25) is 0 Å². The number of aryl methyl sites for hydroxylation is 1. The zero-order chi connectivity index (χ0) is 44.6. The second kappa shape index (κ2) is 18.0. The van der Waals surface area contributed by atoms with Crippen molar-refractivity contribution in [2.45, 2.75) is 28.0 Å². The number of anilines is 2. The van der Waals surface area contributed by atoms with Crippen LogP contribution in [0, 0.1) is 0 Å². The number of thiazole rings is 2. The minimum atomic E-state index is -1.37. The van der Waals surface area contributed by atoms with Gasteiger partial charge in [-0.15, -0.1) is 46.2 Å². The van der Waals surface area contributed by atoms with Crippen LogP contribution >= 0.6 is 58.0 Å². The van der Waals surface area contributed by atoms with Crippen LogP contribution in [0.25, 0.3) is 0 Å². The second-order valence-corrected chi connectivity index (χ2v) is 17.8. The van der Waals surface area contributed by atoms with E-state index >= 15 is 0 Å². The molecule has 4 aliphatic heterocycles. The molecule has 326 valence electrons. The third-order valence-electron chi connectivity index (χ3n) is 9.16. The Kier molecular flexibility index (Phi) is 12.7. The highest BCUT2D eigenvalue weighted by Gasteiger charge is 2.56. The zero-order valence-corrected chi connectivity index (χ0v) is 36.0. The molecule has 2 saturated heterocycles. The number of nitrogens with one attached hydrogen (secondary N) is 4. The largest absolute Gasteiger partial charge is 0.477 e. The van der Waals surface area contributed by atoms with Gasteiger partial charge in [-0.05, 0) is 11.1 Å². The van der Waals surface area contributed by atoms with Gasteiger partial charge in [-0.2, -0.15) is 4.98 Å². The summed E-state index contributed by atoms with van der Waals surface area (Å²) in [5.74, 6) is -5.38. The van der Waals surface area contributed by atoms with Gasteiger partial charge in [0.05, 0.1) is 0 Å². The van der Waals surface area contributed by atoms with E-state index in [0.29, 0.717) is 11.1 Å². The summed E-state index contributed by atoms with van der Waals surface area (Å²) in [4.78, 5) is 125. The number of carboxylic acids is 2. The number of nitrogens with zero attached hydrogens (tertiary/aromatic N) is 8. The Balaban J connectivity index is 0.982. The van der Waals surface area contributed by atoms with Gasteiger partial charge in [0.15, 0.2) is 26.8 Å². The van der Waals surface area contributed by atoms with Gasteiger partial charge in [-0.3, -0.25) is 48.3 Å². The molecule has 3 aromatic rings. The normalized spacial score (nSPS) is 21.1. The van der Waals surface area contributed by atoms with E-state index in [-0.39, 0.29) is 73.4 Å². The van der Waals surface area contributed by atoms with Crippen molar-refractivity contribution in [1.82, 2.24) is 45.2 Å². The molecule has 0 radical (unpaired) electrons. The molecular formula is C32H31N13O12S5. The van der Waals surface area contributed by atoms with Crippen molar-refractivity contribution in [2.24, 2.45) is 17.4 Å². The van der Waals surface area contributed by atoms with Crippen molar-refractivity contribution in [3.8, 4) is 0 Å². The summed E-state index contributed by atoms with van der Waals surface area (Å²) in [7, 11) is 3.89. The summed E-state index contributed by atoms with van der Waals surface area (Å²) in [6, 6.07) is -2.21. The fourth-order valence-corrected chi connectivity index (χ4v) is 11.4. The lowest BCUT2D eigenvalue weighted by Gasteiger charge is -2.49. The third kappa shape index (κ3) is 8.36. The van der Waals surface area contributed by atoms with E-state index in [1.807, 2.05) is 0 Å². The SMILES string of the molecule is CO/N=C(\C(=O)N[C@@H]1C(=O)N2C(C(=O)O)=C(CNc3nc(/C(=N/OC)C(=O)N[C@@H]4C(=O)N5C(C(=O)O)=C(CSc6nc(=O)c(=O)[nH]n6C)CS[C@H]45)cs3)CS[C@H]12)c1csc(N)n1. The maximum Gasteiger partial charge on any atom is 0.352 e. The van der Waals surface area contributed by atoms with Gasteiger partial charge in [0.25, 0.3) is 23.6 Å². The van der Waals surface area contributed by atoms with E-state index in [1.165, 1.54) is 60.2 Å². The van der Waals surface area contributed by atoms with Gasteiger partial charge in [-0.25, -0.2) is 19.6 Å². The minimum absolute atomic E-state index is 0.0300. The molecule has 7 rings (SSSR count). The van der Waals surface area contributed by atoms with E-state index < -0.39 is 69.5 Å². The number of hydrogen-bond donors (Lipinski definition) is 7. The number of aromatic nitrogens is 5. The number of hydrogen-bond acceptors (Lipinski definition) is 22. The number of β-lactam (4-membered cyclic amide) rings is 2. The topological polar surface area (TPSA) is 348 Å². The van der Waals surface area contributed by atoms with Crippen LogP contribution in [-0.2, 0) is 45.5 Å². The lowest BCUT2D eigenvalue weighted by atomic mass is 10.0. The maximum absolute atomic E-state index is 13.5. The fourth-order valence-electron chi connectivity index (χ4n) is 6.41. The minimum Gasteiger partial charge on any atom is -0.477 e. The molecule has 3 aromatic heterocycles. The average Bonchev–Trinajstić information content (AvgIpc) is 3.90. The van der Waals surface area contributed by atoms with E-state index in [9.17, 15) is 48.6 Å². The summed E-state index contributed by atoms with van der Waals surface area (Å²) in [5.41, 5.74) is 3.56. The Bertz CT molecular complexity index is 2650. The van der Waals surface area contributed by atoms with Crippen LogP contribution in [-0.4, -0.2) is 153 Å². The predicted octanol–water partition coefficient (Wildman–Crippen LogP) is -1.95. The summed E-state index contributed by atoms with van der Waals surface area (Å²) in [5, 5.41) is 40.2. The van der Waals surface area contributed by atoms with Crippen LogP contribution in [0.5, 0.6) is 0 Å². The highest BCUT2D eigenvalue weighted by molar-refractivity contribution is 8.01. The number of fused-ring (bicyclic) bond motifs is 2. The number of oxime groups is 2. The number of carbonyl (C=O) groups excluding carboxylic acids is 4. The predicted molar refractivity (Wildman–Crippen MR) is 224 cm³/mol. The number of thioether (sulfide) groups is 3. The molecule has 2 fully saturated rings. The number of carboxylic acid groups (broad SMARTS) is 2. The molecule has 0 spiro atoms. The Labute approximate surface area is 367 Å². The third-order valence-corrected chi connectivity index (χ3v) is 14.4. The number of nitrogen functional groups attached to an aromatic ring is 1. The standard InChI is InChI=1S/C32H31N13O12S5/c1-43-32(39-22(48)23(49)40-43)62-7-11-6-59-27-17(25(51)45(27)19(11)29(54)55)38-21(47)15(42-57-3)13-9-61-31(36-13)34-4-10-5-58-26-16(24(50)44(26)18(10)28(52)53)37-20(46)14(41-56-2)12-8-60-30(33)35-12/h8-9,16-17,26-27H,4-7H2,1-3H3,(H2,33,35)(H,34,36)(H,37,46)(H,38,47)(H,40,49)(H,52,53)(H,54,55)/b41-14-,42-15-/t16-,17-,26-,27-/m1/s1. The second-order valence-electron chi connectivity index (χ2n) is 12.9. The molecule has 62 heavy (non-hydrogen) atoms. The molecule has 0 bridgehead atoms. The van der Waals surface area contributed by atoms with Crippen molar-refractivity contribution < 1.29 is 48.7 Å². The van der Waals surface area contributed by atoms with E-state index in [1.54, 1.807) is 0 Å². The number of H-pyrrole nitrogens is 1. The fraction of sp³-hybridized carbons (Fsp3) is 0.344. The zero-order valence-electron chi connectivity index (χ0n) is 32.0. The highest BCUT2D eigenvalue weighted by atomic mass is 32.2. The molecule has 4 atom stereocenters. The van der Waals surface area contributed by atoms with E-state index in [4.69, 9.17) is 15.4 Å². The molecule has 0 aromatic carbocycles. The lowest BCUT2D eigenvalue weighted by molar-refractivity contribution is -0.150. The molecule has 25 nitrogen and oxygen atoms in total. The first-order valence-corrected chi connectivity index (χ1v) is 22.3. The Hall–Kier alpha value is -6.24. The maximum atomic E-state index is 13.5. The van der Waals surface area contributed by atoms with E-state index in [2.05, 4.69) is 46.3 Å². The first kappa shape index (κ1) is 43.8. The van der Waals surface area contributed by atoms with Gasteiger partial charge in [0.2, 0.25) is 0 Å². The van der Waals surface area contributed by atoms with Crippen LogP contribution in [0.3, 0.4) is 0 Å². The Morgan fingerprint density at radius 1 is 0.855 bits per heavy atom. The first-order chi connectivity index (χ1) is 29.6. The molecule has 0 unspecified atom stereocenters. The smallest absolute Gasteiger partial charge is 0.352 e. The van der Waals surface area contributed by atoms with Crippen LogP contribution in [0.15, 0.2) is 58.4 Å². The Morgan fingerprint density at radius 3 is 1.92 bits per heavy atom. The monoisotopic (exact) mass is 949 g/mol. The molecule has 7 heterocycles. The number of aliphatic carboxylic acids is 2. The van der Waals surface area contributed by atoms with Crippen molar-refractivity contribution in [1.29, 1.82) is 0 Å². The Morgan fingerprint density at radius 2 is 1.39 bits per heavy atom. The molecule has 30 heteroatoms. The molecule has 4 aliphatic rings. The molecule has 0 aliphatic carbocycles. The van der Waals surface area contributed by atoms with Crippen molar-refractivity contribution in [2.75, 3.05) is 49.1 Å². The number of carbonyl (C=O) groups is 6. The number of rotatable bonds is 16. The molecule has 4 amide bonds. The van der Waals surface area contributed by atoms with Gasteiger partial charge >= 0.3 is 23.1 Å². The summed E-state index contributed by atoms with van der Waals surface area (Å²) in [6.45, 7) is -0.0707. The number of nitrogens with two attached hydrogens (primary N) is 1. The number of aromatic amines is 1. The highest BCUT2D eigenvalue weighted by Crippen LogP contribution is 2.42. The molecule has 0 saturated carbocycles. The van der Waals surface area contributed by atoms with Crippen LogP contribution < -0.4 is 32.8 Å². The molecular weight excluding hydrogens is 919 g/mol. The summed E-state index contributed by atoms with van der Waals surface area (Å²) < 4.78 is 1.22. The van der Waals surface area contributed by atoms with Gasteiger partial charge < -0.3 is 41.6 Å². The average molecular weight is 950 g/mol. The first-order valence-electron chi connectivity index (χ1n) is 17.5. The van der Waals surface area contributed by atoms with Gasteiger partial charge in [0, 0.05) is 41.6 Å². The van der Waals surface area contributed by atoms with Gasteiger partial charge in [0.1, 0.15) is 59.8 Å². The van der Waals surface area contributed by atoms with Crippen molar-refractivity contribution >= 4 is 115 Å². The summed E-state index contributed by atoms with van der Waals surface area (Å²) >= 11 is 5.55. The van der Waals surface area contributed by atoms with Gasteiger partial charge in [-0.1, -0.05) is 22.1 Å². The quantitative estimate of drug-likeness (QED) is 0.0270. The van der Waals surface area contributed by atoms with Crippen molar-refractivity contribution in [3.05, 3.63) is 65.4 Å².